The molecule has 0 saturated heterocycles. The largest absolute Gasteiger partial charge is 0.426 e. The smallest absolute Gasteiger partial charge is 0.316 e. The summed E-state index contributed by atoms with van der Waals surface area (Å²) in [5.74, 6) is 0.283. The third-order valence-electron chi connectivity index (χ3n) is 3.95. The lowest BCUT2D eigenvalue weighted by molar-refractivity contribution is -0.148. The van der Waals surface area contributed by atoms with Gasteiger partial charge in [0, 0.05) is 5.92 Å². The summed E-state index contributed by atoms with van der Waals surface area (Å²) in [4.78, 5) is 24.9. The number of hydrogen-bond acceptors (Lipinski definition) is 3. The van der Waals surface area contributed by atoms with Gasteiger partial charge in [-0.2, -0.15) is 0 Å². The summed E-state index contributed by atoms with van der Waals surface area (Å²) in [7, 11) is 0. The zero-order valence-corrected chi connectivity index (χ0v) is 13.5. The molecule has 2 rings (SSSR count). The van der Waals surface area contributed by atoms with Crippen LogP contribution in [0.25, 0.3) is 0 Å². The van der Waals surface area contributed by atoms with Crippen molar-refractivity contribution in [1.82, 2.24) is 0 Å². The highest BCUT2D eigenvalue weighted by Gasteiger charge is 2.37. The topological polar surface area (TPSA) is 43.4 Å². The fourth-order valence-electron chi connectivity index (χ4n) is 2.72. The molecule has 2 atom stereocenters. The van der Waals surface area contributed by atoms with Crippen LogP contribution in [0.2, 0.25) is 0 Å². The molecule has 0 aliphatic heterocycles. The SMILES string of the molecule is CC(C)=C1C(=O)[C@H]2C=CCC[C@H]2C=C1OC(=O)C(C)(C)C. The van der Waals surface area contributed by atoms with E-state index in [0.717, 1.165) is 18.4 Å². The fraction of sp³-hybridized carbons (Fsp3) is 0.556. The summed E-state index contributed by atoms with van der Waals surface area (Å²) in [5.41, 5.74) is 0.880. The molecule has 0 aromatic carbocycles. The maximum atomic E-state index is 12.7. The van der Waals surface area contributed by atoms with Crippen LogP contribution in [0.15, 0.2) is 35.1 Å². The van der Waals surface area contributed by atoms with E-state index in [1.807, 2.05) is 46.8 Å². The molecule has 0 bridgehead atoms. The van der Waals surface area contributed by atoms with Gasteiger partial charge in [-0.25, -0.2) is 0 Å². The summed E-state index contributed by atoms with van der Waals surface area (Å²) in [6.45, 7) is 9.22. The van der Waals surface area contributed by atoms with Crippen LogP contribution in [0, 0.1) is 17.3 Å². The molecule has 0 amide bonds. The van der Waals surface area contributed by atoms with E-state index in [2.05, 4.69) is 6.08 Å². The molecule has 3 heteroatoms. The zero-order chi connectivity index (χ0) is 15.8. The van der Waals surface area contributed by atoms with E-state index in [-0.39, 0.29) is 23.6 Å². The molecule has 3 nitrogen and oxygen atoms in total. The van der Waals surface area contributed by atoms with Crippen LogP contribution in [-0.4, -0.2) is 11.8 Å². The average Bonchev–Trinajstić information content (AvgIpc) is 2.37. The predicted molar refractivity (Wildman–Crippen MR) is 82.4 cm³/mol. The number of fused-ring (bicyclic) bond motifs is 1. The van der Waals surface area contributed by atoms with Gasteiger partial charge in [0.05, 0.1) is 11.0 Å². The van der Waals surface area contributed by atoms with Gasteiger partial charge in [0.1, 0.15) is 5.76 Å². The first-order chi connectivity index (χ1) is 9.71. The first-order valence-corrected chi connectivity index (χ1v) is 7.54. The van der Waals surface area contributed by atoms with E-state index in [0.29, 0.717) is 11.3 Å². The fourth-order valence-corrected chi connectivity index (χ4v) is 2.72. The molecular weight excluding hydrogens is 264 g/mol. The number of rotatable bonds is 1. The number of carbonyl (C=O) groups is 2. The Morgan fingerprint density at radius 3 is 2.52 bits per heavy atom. The number of ether oxygens (including phenoxy) is 1. The number of esters is 1. The number of allylic oxidation sites excluding steroid dienone is 5. The average molecular weight is 288 g/mol. The van der Waals surface area contributed by atoms with Crippen molar-refractivity contribution in [3.8, 4) is 0 Å². The Labute approximate surface area is 126 Å². The van der Waals surface area contributed by atoms with Crippen LogP contribution in [0.5, 0.6) is 0 Å². The molecule has 0 heterocycles. The van der Waals surface area contributed by atoms with Crippen LogP contribution in [0.4, 0.5) is 0 Å². The number of hydrogen-bond donors (Lipinski definition) is 0. The molecular formula is C18H24O3. The van der Waals surface area contributed by atoms with E-state index < -0.39 is 5.41 Å². The molecule has 2 aliphatic rings. The van der Waals surface area contributed by atoms with Crippen molar-refractivity contribution in [3.05, 3.63) is 35.1 Å². The van der Waals surface area contributed by atoms with Crippen molar-refractivity contribution < 1.29 is 14.3 Å². The molecule has 0 radical (unpaired) electrons. The zero-order valence-electron chi connectivity index (χ0n) is 13.5. The Morgan fingerprint density at radius 2 is 1.95 bits per heavy atom. The minimum Gasteiger partial charge on any atom is -0.426 e. The van der Waals surface area contributed by atoms with Crippen LogP contribution < -0.4 is 0 Å². The normalized spacial score (nSPS) is 25.3. The third-order valence-corrected chi connectivity index (χ3v) is 3.95. The van der Waals surface area contributed by atoms with Gasteiger partial charge < -0.3 is 4.74 Å². The van der Waals surface area contributed by atoms with Gasteiger partial charge in [0.25, 0.3) is 0 Å². The van der Waals surface area contributed by atoms with E-state index in [4.69, 9.17) is 4.74 Å². The summed E-state index contributed by atoms with van der Waals surface area (Å²) < 4.78 is 5.57. The van der Waals surface area contributed by atoms with Crippen LogP contribution in [0.1, 0.15) is 47.5 Å². The highest BCUT2D eigenvalue weighted by Crippen LogP contribution is 2.38. The second-order valence-electron chi connectivity index (χ2n) is 7.10. The lowest BCUT2D eigenvalue weighted by Gasteiger charge is -2.32. The highest BCUT2D eigenvalue weighted by molar-refractivity contribution is 6.04. The van der Waals surface area contributed by atoms with Gasteiger partial charge >= 0.3 is 5.97 Å². The lowest BCUT2D eigenvalue weighted by atomic mass is 9.74. The van der Waals surface area contributed by atoms with Crippen LogP contribution in [0.3, 0.4) is 0 Å². The summed E-state index contributed by atoms with van der Waals surface area (Å²) >= 11 is 0. The molecule has 0 fully saturated rings. The standard InChI is InChI=1S/C18H24O3/c1-11(2)15-14(21-17(20)18(3,4)5)10-12-8-6-7-9-13(12)16(15)19/h7,9-10,12-13H,6,8H2,1-5H3/t12-,13-/m0/s1. The lowest BCUT2D eigenvalue weighted by Crippen LogP contribution is -2.32. The second kappa shape index (κ2) is 5.63. The van der Waals surface area contributed by atoms with Gasteiger partial charge in [-0.1, -0.05) is 17.7 Å². The minimum atomic E-state index is -0.583. The molecule has 0 N–H and O–H groups in total. The number of ketones is 1. The number of Topliss-reactive ketones (excluding diaryl/α,β-unsaturated/α-hetero) is 1. The van der Waals surface area contributed by atoms with Crippen molar-refractivity contribution in [2.75, 3.05) is 0 Å². The summed E-state index contributed by atoms with van der Waals surface area (Å²) in [6, 6.07) is 0. The van der Waals surface area contributed by atoms with E-state index in [1.165, 1.54) is 0 Å². The molecule has 0 saturated carbocycles. The first-order valence-electron chi connectivity index (χ1n) is 7.54. The molecule has 0 unspecified atom stereocenters. The molecule has 2 aliphatic carbocycles. The Kier molecular flexibility index (Phi) is 4.22. The van der Waals surface area contributed by atoms with Crippen LogP contribution in [-0.2, 0) is 14.3 Å². The molecule has 0 aromatic heterocycles. The van der Waals surface area contributed by atoms with Gasteiger partial charge in [-0.15, -0.1) is 0 Å². The minimum absolute atomic E-state index is 0.0789. The van der Waals surface area contributed by atoms with Crippen molar-refractivity contribution in [2.24, 2.45) is 17.3 Å². The van der Waals surface area contributed by atoms with Crippen LogP contribution >= 0.6 is 0 Å². The van der Waals surface area contributed by atoms with Crippen molar-refractivity contribution in [1.29, 1.82) is 0 Å². The van der Waals surface area contributed by atoms with Crippen molar-refractivity contribution in [3.63, 3.8) is 0 Å². The van der Waals surface area contributed by atoms with E-state index in [1.54, 1.807) is 0 Å². The van der Waals surface area contributed by atoms with Gasteiger partial charge in [0.15, 0.2) is 5.78 Å². The Morgan fingerprint density at radius 1 is 1.29 bits per heavy atom. The first kappa shape index (κ1) is 15.7. The van der Waals surface area contributed by atoms with Crippen molar-refractivity contribution >= 4 is 11.8 Å². The maximum Gasteiger partial charge on any atom is 0.316 e. The molecule has 0 aromatic rings. The number of carbonyl (C=O) groups excluding carboxylic acids is 2. The highest BCUT2D eigenvalue weighted by atomic mass is 16.5. The van der Waals surface area contributed by atoms with E-state index in [9.17, 15) is 9.59 Å². The van der Waals surface area contributed by atoms with Gasteiger partial charge in [-0.05, 0) is 59.5 Å². The molecule has 21 heavy (non-hydrogen) atoms. The monoisotopic (exact) mass is 288 g/mol. The quantitative estimate of drug-likeness (QED) is 0.417. The summed E-state index contributed by atoms with van der Waals surface area (Å²) in [5, 5.41) is 0. The second-order valence-corrected chi connectivity index (χ2v) is 7.10. The molecule has 114 valence electrons. The van der Waals surface area contributed by atoms with Gasteiger partial charge in [-0.3, -0.25) is 9.59 Å². The predicted octanol–water partition coefficient (Wildman–Crippen LogP) is 3.96. The Balaban J connectivity index is 2.39. The Hall–Kier alpha value is -1.64. The molecule has 0 spiro atoms. The summed E-state index contributed by atoms with van der Waals surface area (Å²) in [6.07, 6.45) is 7.94. The van der Waals surface area contributed by atoms with E-state index >= 15 is 0 Å². The van der Waals surface area contributed by atoms with Crippen molar-refractivity contribution in [2.45, 2.75) is 47.5 Å². The Bertz CT molecular complexity index is 552. The third kappa shape index (κ3) is 3.17. The van der Waals surface area contributed by atoms with Gasteiger partial charge in [0.2, 0.25) is 0 Å². The maximum absolute atomic E-state index is 12.7.